The van der Waals surface area contributed by atoms with Gasteiger partial charge in [0.2, 0.25) is 0 Å². The second kappa shape index (κ2) is 8.09. The zero-order chi connectivity index (χ0) is 18.8. The van der Waals surface area contributed by atoms with Crippen LogP contribution in [0.2, 0.25) is 0 Å². The Hall–Kier alpha value is -1.06. The molecule has 0 bridgehead atoms. The van der Waals surface area contributed by atoms with E-state index >= 15 is 0 Å². The fraction of sp³-hybridized carbons (Fsp3) is 0.188. The molecular formula is C16H11Br3F3NO2. The summed E-state index contributed by atoms with van der Waals surface area (Å²) in [6.07, 6.45) is -3.20. The van der Waals surface area contributed by atoms with Crippen LogP contribution in [0.25, 0.3) is 0 Å². The first-order chi connectivity index (χ1) is 11.6. The van der Waals surface area contributed by atoms with Gasteiger partial charge in [0.05, 0.1) is 23.4 Å². The van der Waals surface area contributed by atoms with Crippen molar-refractivity contribution >= 4 is 59.7 Å². The molecule has 25 heavy (non-hydrogen) atoms. The maximum Gasteiger partial charge on any atom is 0.416 e. The van der Waals surface area contributed by atoms with Crippen LogP contribution in [0.1, 0.15) is 18.1 Å². The third-order valence-electron chi connectivity index (χ3n) is 3.10. The number of benzene rings is 2. The molecule has 0 aliphatic rings. The van der Waals surface area contributed by atoms with E-state index in [-0.39, 0.29) is 22.7 Å². The molecule has 0 aliphatic carbocycles. The number of halogens is 6. The van der Waals surface area contributed by atoms with Crippen molar-refractivity contribution in [1.29, 1.82) is 0 Å². The van der Waals surface area contributed by atoms with Crippen LogP contribution in [0.5, 0.6) is 11.5 Å². The Bertz CT molecular complexity index is 823. The molecule has 0 saturated heterocycles. The normalized spacial score (nSPS) is 12.0. The van der Waals surface area contributed by atoms with Gasteiger partial charge in [-0.1, -0.05) is 0 Å². The van der Waals surface area contributed by atoms with Crippen molar-refractivity contribution in [2.24, 2.45) is 4.99 Å². The van der Waals surface area contributed by atoms with Gasteiger partial charge in [-0.25, -0.2) is 0 Å². The molecule has 0 radical (unpaired) electrons. The van der Waals surface area contributed by atoms with Gasteiger partial charge in [0, 0.05) is 19.6 Å². The zero-order valence-electron chi connectivity index (χ0n) is 12.7. The Labute approximate surface area is 167 Å². The summed E-state index contributed by atoms with van der Waals surface area (Å²) in [5.41, 5.74) is -0.448. The van der Waals surface area contributed by atoms with Crippen molar-refractivity contribution in [3.05, 3.63) is 48.8 Å². The average molecular weight is 546 g/mol. The summed E-state index contributed by atoms with van der Waals surface area (Å²) in [6, 6.07) is 4.74. The number of ether oxygens (including phenoxy) is 1. The lowest BCUT2D eigenvalue weighted by molar-refractivity contribution is -0.137. The lowest BCUT2D eigenvalue weighted by Crippen LogP contribution is -2.04. The van der Waals surface area contributed by atoms with E-state index in [0.29, 0.717) is 20.0 Å². The second-order valence-corrected chi connectivity index (χ2v) is 7.29. The van der Waals surface area contributed by atoms with E-state index in [1.165, 1.54) is 12.3 Å². The lowest BCUT2D eigenvalue weighted by atomic mass is 10.2. The van der Waals surface area contributed by atoms with Gasteiger partial charge in [-0.3, -0.25) is 4.99 Å². The van der Waals surface area contributed by atoms with Crippen LogP contribution >= 0.6 is 47.8 Å². The topological polar surface area (TPSA) is 41.8 Å². The lowest BCUT2D eigenvalue weighted by Gasteiger charge is -2.11. The molecule has 0 unspecified atom stereocenters. The average Bonchev–Trinajstić information content (AvgIpc) is 2.53. The third kappa shape index (κ3) is 4.77. The molecule has 0 amide bonds. The van der Waals surface area contributed by atoms with Crippen LogP contribution in [0.3, 0.4) is 0 Å². The first-order valence-electron chi connectivity index (χ1n) is 6.89. The number of aliphatic imine (C=N–C) groups is 1. The minimum absolute atomic E-state index is 0.0825. The zero-order valence-corrected chi connectivity index (χ0v) is 17.4. The monoisotopic (exact) mass is 543 g/mol. The van der Waals surface area contributed by atoms with Crippen LogP contribution < -0.4 is 4.74 Å². The molecule has 0 saturated carbocycles. The predicted molar refractivity (Wildman–Crippen MR) is 101 cm³/mol. The van der Waals surface area contributed by atoms with Crippen molar-refractivity contribution in [3.8, 4) is 11.5 Å². The highest BCUT2D eigenvalue weighted by Gasteiger charge is 2.30. The fourth-order valence-corrected chi connectivity index (χ4v) is 3.09. The molecule has 0 fully saturated rings. The second-order valence-electron chi connectivity index (χ2n) is 4.79. The summed E-state index contributed by atoms with van der Waals surface area (Å²) in [7, 11) is 0. The number of rotatable bonds is 4. The summed E-state index contributed by atoms with van der Waals surface area (Å²) >= 11 is 9.80. The third-order valence-corrected chi connectivity index (χ3v) is 5.78. The highest BCUT2D eigenvalue weighted by molar-refractivity contribution is 9.13. The molecule has 2 aromatic rings. The van der Waals surface area contributed by atoms with Crippen LogP contribution in [0.15, 0.2) is 42.7 Å². The Morgan fingerprint density at radius 1 is 1.16 bits per heavy atom. The van der Waals surface area contributed by atoms with Crippen molar-refractivity contribution in [2.45, 2.75) is 13.1 Å². The number of aromatic hydroxyl groups is 1. The van der Waals surface area contributed by atoms with E-state index in [0.717, 1.165) is 12.1 Å². The molecule has 0 spiro atoms. The molecule has 0 atom stereocenters. The molecule has 2 rings (SSSR count). The number of phenols is 1. The fourth-order valence-electron chi connectivity index (χ4n) is 1.92. The Kier molecular flexibility index (Phi) is 6.56. The van der Waals surface area contributed by atoms with Crippen LogP contribution in [-0.4, -0.2) is 17.9 Å². The largest absolute Gasteiger partial charge is 0.504 e. The molecule has 2 aromatic carbocycles. The first kappa shape index (κ1) is 20.3. The van der Waals surface area contributed by atoms with E-state index in [1.807, 2.05) is 0 Å². The summed E-state index contributed by atoms with van der Waals surface area (Å²) < 4.78 is 45.4. The van der Waals surface area contributed by atoms with Crippen LogP contribution in [0.4, 0.5) is 18.9 Å². The van der Waals surface area contributed by atoms with Crippen LogP contribution in [0, 0.1) is 0 Å². The van der Waals surface area contributed by atoms with Gasteiger partial charge >= 0.3 is 6.18 Å². The van der Waals surface area contributed by atoms with Gasteiger partial charge in [0.15, 0.2) is 11.5 Å². The molecule has 9 heteroatoms. The number of alkyl halides is 3. The first-order valence-corrected chi connectivity index (χ1v) is 9.27. The number of hydrogen-bond donors (Lipinski definition) is 1. The van der Waals surface area contributed by atoms with Crippen molar-refractivity contribution in [3.63, 3.8) is 0 Å². The molecule has 0 aliphatic heterocycles. The van der Waals surface area contributed by atoms with Gasteiger partial charge in [-0.15, -0.1) is 0 Å². The molecule has 0 aromatic heterocycles. The Balaban J connectivity index is 2.50. The van der Waals surface area contributed by atoms with Gasteiger partial charge in [-0.2, -0.15) is 13.2 Å². The minimum Gasteiger partial charge on any atom is -0.504 e. The van der Waals surface area contributed by atoms with E-state index in [2.05, 4.69) is 52.8 Å². The number of nitrogens with zero attached hydrogens (tertiary/aromatic N) is 1. The minimum atomic E-state index is -4.47. The highest BCUT2D eigenvalue weighted by Crippen LogP contribution is 2.40. The van der Waals surface area contributed by atoms with Gasteiger partial charge in [-0.05, 0) is 79.0 Å². The van der Waals surface area contributed by atoms with E-state index in [9.17, 15) is 18.3 Å². The molecule has 3 nitrogen and oxygen atoms in total. The van der Waals surface area contributed by atoms with Crippen molar-refractivity contribution < 1.29 is 23.0 Å². The summed E-state index contributed by atoms with van der Waals surface area (Å²) in [5.74, 6) is 0.0749. The summed E-state index contributed by atoms with van der Waals surface area (Å²) in [4.78, 5) is 4.08. The molecule has 1 N–H and O–H groups in total. The summed E-state index contributed by atoms with van der Waals surface area (Å²) in [5, 5.41) is 10.3. The SMILES string of the molecule is CCOc1cc(Br)c(Br)c(C=Nc2cc(C(F)(F)F)ccc2Br)c1O. The number of hydrogen-bond acceptors (Lipinski definition) is 3. The smallest absolute Gasteiger partial charge is 0.416 e. The molecule has 0 heterocycles. The van der Waals surface area contributed by atoms with Gasteiger partial charge in [0.1, 0.15) is 0 Å². The highest BCUT2D eigenvalue weighted by atomic mass is 79.9. The standard InChI is InChI=1S/C16H11Br3F3NO2/c1-2-25-13-6-11(18)14(19)9(15(13)24)7-23-12-5-8(16(20,21)22)3-4-10(12)17/h3-7,24H,2H2,1H3. The van der Waals surface area contributed by atoms with Gasteiger partial charge < -0.3 is 9.84 Å². The molecular weight excluding hydrogens is 535 g/mol. The Morgan fingerprint density at radius 2 is 1.84 bits per heavy atom. The Morgan fingerprint density at radius 3 is 2.44 bits per heavy atom. The van der Waals surface area contributed by atoms with Crippen LogP contribution in [-0.2, 0) is 6.18 Å². The van der Waals surface area contributed by atoms with Gasteiger partial charge in [0.25, 0.3) is 0 Å². The van der Waals surface area contributed by atoms with Crippen molar-refractivity contribution in [1.82, 2.24) is 0 Å². The van der Waals surface area contributed by atoms with E-state index < -0.39 is 11.7 Å². The maximum absolute atomic E-state index is 12.8. The van der Waals surface area contributed by atoms with Crippen molar-refractivity contribution in [2.75, 3.05) is 6.61 Å². The molecule has 134 valence electrons. The van der Waals surface area contributed by atoms with E-state index in [4.69, 9.17) is 4.74 Å². The summed E-state index contributed by atoms with van der Waals surface area (Å²) in [6.45, 7) is 2.11. The number of phenolic OH excluding ortho intramolecular Hbond substituents is 1. The predicted octanol–water partition coefficient (Wildman–Crippen LogP) is 6.85. The maximum atomic E-state index is 12.8. The van der Waals surface area contributed by atoms with E-state index in [1.54, 1.807) is 13.0 Å². The quantitative estimate of drug-likeness (QED) is 0.427.